The first-order chi connectivity index (χ1) is 10.3. The molecule has 21 heavy (non-hydrogen) atoms. The van der Waals surface area contributed by atoms with Gasteiger partial charge in [-0.3, -0.25) is 0 Å². The average molecular weight is 278 g/mol. The zero-order chi connectivity index (χ0) is 14.9. The highest BCUT2D eigenvalue weighted by Crippen LogP contribution is 2.23. The SMILES string of the molecule is C=CCNc1ccc(C(NCC=C)c2ccccc2)cc1. The molecule has 0 saturated heterocycles. The van der Waals surface area contributed by atoms with Crippen LogP contribution in [0.2, 0.25) is 0 Å². The first-order valence-corrected chi connectivity index (χ1v) is 7.19. The van der Waals surface area contributed by atoms with Crippen LogP contribution < -0.4 is 10.6 Å². The van der Waals surface area contributed by atoms with Crippen LogP contribution in [0.1, 0.15) is 17.2 Å². The summed E-state index contributed by atoms with van der Waals surface area (Å²) in [7, 11) is 0. The van der Waals surface area contributed by atoms with Crippen molar-refractivity contribution in [1.82, 2.24) is 5.32 Å². The Morgan fingerprint density at radius 2 is 1.43 bits per heavy atom. The standard InChI is InChI=1S/C19H22N2/c1-3-14-20-18-12-10-17(11-13-18)19(21-15-4-2)16-8-6-5-7-9-16/h3-13,19-21H,1-2,14-15H2. The van der Waals surface area contributed by atoms with Crippen LogP contribution in [0.4, 0.5) is 5.69 Å². The van der Waals surface area contributed by atoms with E-state index >= 15 is 0 Å². The average Bonchev–Trinajstić information content (AvgIpc) is 2.55. The molecular formula is C19H22N2. The minimum atomic E-state index is 0.178. The Bertz CT molecular complexity index is 558. The fourth-order valence-electron chi connectivity index (χ4n) is 2.26. The van der Waals surface area contributed by atoms with Gasteiger partial charge < -0.3 is 10.6 Å². The van der Waals surface area contributed by atoms with Crippen LogP contribution in [0.15, 0.2) is 79.9 Å². The largest absolute Gasteiger partial charge is 0.382 e. The Labute approximate surface area is 127 Å². The van der Waals surface area contributed by atoms with Gasteiger partial charge in [-0.1, -0.05) is 54.6 Å². The summed E-state index contributed by atoms with van der Waals surface area (Å²) in [5.74, 6) is 0. The second-order valence-electron chi connectivity index (χ2n) is 4.83. The van der Waals surface area contributed by atoms with Crippen molar-refractivity contribution in [2.45, 2.75) is 6.04 Å². The maximum Gasteiger partial charge on any atom is 0.0579 e. The maximum atomic E-state index is 3.79. The molecule has 1 unspecified atom stereocenters. The van der Waals surface area contributed by atoms with Gasteiger partial charge in [0.2, 0.25) is 0 Å². The first-order valence-electron chi connectivity index (χ1n) is 7.19. The van der Waals surface area contributed by atoms with Crippen molar-refractivity contribution in [2.75, 3.05) is 18.4 Å². The molecule has 0 aliphatic rings. The fraction of sp³-hybridized carbons (Fsp3) is 0.158. The summed E-state index contributed by atoms with van der Waals surface area (Å²) in [6.45, 7) is 9.05. The molecule has 0 spiro atoms. The van der Waals surface area contributed by atoms with E-state index in [1.54, 1.807) is 0 Å². The smallest absolute Gasteiger partial charge is 0.0579 e. The third-order valence-corrected chi connectivity index (χ3v) is 3.29. The number of nitrogens with one attached hydrogen (secondary N) is 2. The van der Waals surface area contributed by atoms with Gasteiger partial charge in [-0.25, -0.2) is 0 Å². The second-order valence-corrected chi connectivity index (χ2v) is 4.83. The molecular weight excluding hydrogens is 256 g/mol. The number of anilines is 1. The molecule has 2 nitrogen and oxygen atoms in total. The van der Waals surface area contributed by atoms with Crippen molar-refractivity contribution in [3.05, 3.63) is 91.0 Å². The molecule has 0 fully saturated rings. The molecule has 0 saturated carbocycles. The van der Waals surface area contributed by atoms with E-state index in [2.05, 4.69) is 72.3 Å². The Kier molecular flexibility index (Phi) is 5.80. The second kappa shape index (κ2) is 8.08. The van der Waals surface area contributed by atoms with Crippen LogP contribution in [0.25, 0.3) is 0 Å². The lowest BCUT2D eigenvalue weighted by molar-refractivity contribution is 0.653. The van der Waals surface area contributed by atoms with Crippen LogP contribution in [0.5, 0.6) is 0 Å². The predicted molar refractivity (Wildman–Crippen MR) is 91.6 cm³/mol. The van der Waals surface area contributed by atoms with Gasteiger partial charge in [0.1, 0.15) is 0 Å². The minimum Gasteiger partial charge on any atom is -0.382 e. The Balaban J connectivity index is 2.20. The lowest BCUT2D eigenvalue weighted by Crippen LogP contribution is -2.22. The molecule has 2 rings (SSSR count). The molecule has 2 aromatic carbocycles. The summed E-state index contributed by atoms with van der Waals surface area (Å²) in [6.07, 6.45) is 3.74. The predicted octanol–water partition coefficient (Wildman–Crippen LogP) is 4.15. The monoisotopic (exact) mass is 278 g/mol. The van der Waals surface area contributed by atoms with Crippen LogP contribution in [-0.4, -0.2) is 13.1 Å². The molecule has 0 aliphatic carbocycles. The number of hydrogen-bond donors (Lipinski definition) is 2. The Morgan fingerprint density at radius 3 is 2.05 bits per heavy atom. The van der Waals surface area contributed by atoms with Crippen LogP contribution in [0.3, 0.4) is 0 Å². The molecule has 0 aromatic heterocycles. The zero-order valence-corrected chi connectivity index (χ0v) is 12.3. The van der Waals surface area contributed by atoms with E-state index in [9.17, 15) is 0 Å². The molecule has 0 radical (unpaired) electrons. The molecule has 0 aliphatic heterocycles. The van der Waals surface area contributed by atoms with Crippen LogP contribution in [-0.2, 0) is 0 Å². The lowest BCUT2D eigenvalue weighted by Gasteiger charge is -2.19. The van der Waals surface area contributed by atoms with Crippen LogP contribution >= 0.6 is 0 Å². The van der Waals surface area contributed by atoms with Crippen molar-refractivity contribution in [3.8, 4) is 0 Å². The fourth-order valence-corrected chi connectivity index (χ4v) is 2.26. The highest BCUT2D eigenvalue weighted by atomic mass is 14.9. The van der Waals surface area contributed by atoms with E-state index < -0.39 is 0 Å². The summed E-state index contributed by atoms with van der Waals surface area (Å²) in [4.78, 5) is 0. The van der Waals surface area contributed by atoms with Crippen molar-refractivity contribution >= 4 is 5.69 Å². The van der Waals surface area contributed by atoms with Gasteiger partial charge in [0.15, 0.2) is 0 Å². The quantitative estimate of drug-likeness (QED) is 0.709. The van der Waals surface area contributed by atoms with E-state index in [-0.39, 0.29) is 6.04 Å². The molecule has 2 aromatic rings. The van der Waals surface area contributed by atoms with Crippen LogP contribution in [0, 0.1) is 0 Å². The lowest BCUT2D eigenvalue weighted by atomic mass is 9.98. The number of rotatable bonds is 8. The first kappa shape index (κ1) is 15.1. The van der Waals surface area contributed by atoms with Gasteiger partial charge in [-0.2, -0.15) is 0 Å². The summed E-state index contributed by atoms with van der Waals surface area (Å²) in [6, 6.07) is 19.1. The number of hydrogen-bond acceptors (Lipinski definition) is 2. The van der Waals surface area contributed by atoms with E-state index in [0.717, 1.165) is 18.8 Å². The molecule has 0 heterocycles. The summed E-state index contributed by atoms with van der Waals surface area (Å²) in [5.41, 5.74) is 3.60. The third-order valence-electron chi connectivity index (χ3n) is 3.29. The normalized spacial score (nSPS) is 11.6. The highest BCUT2D eigenvalue weighted by Gasteiger charge is 2.12. The van der Waals surface area contributed by atoms with E-state index in [1.165, 1.54) is 11.1 Å². The van der Waals surface area contributed by atoms with Crippen molar-refractivity contribution in [2.24, 2.45) is 0 Å². The van der Waals surface area contributed by atoms with Gasteiger partial charge in [0, 0.05) is 18.8 Å². The molecule has 0 amide bonds. The molecule has 2 N–H and O–H groups in total. The van der Waals surface area contributed by atoms with Gasteiger partial charge in [-0.05, 0) is 23.3 Å². The molecule has 108 valence electrons. The number of benzene rings is 2. The third kappa shape index (κ3) is 4.33. The Morgan fingerprint density at radius 1 is 0.810 bits per heavy atom. The minimum absolute atomic E-state index is 0.178. The highest BCUT2D eigenvalue weighted by molar-refractivity contribution is 5.46. The summed E-state index contributed by atoms with van der Waals surface area (Å²) in [5, 5.41) is 6.80. The maximum absolute atomic E-state index is 3.79. The van der Waals surface area contributed by atoms with Crippen molar-refractivity contribution in [1.29, 1.82) is 0 Å². The van der Waals surface area contributed by atoms with Gasteiger partial charge in [0.05, 0.1) is 6.04 Å². The van der Waals surface area contributed by atoms with Crippen molar-refractivity contribution in [3.63, 3.8) is 0 Å². The topological polar surface area (TPSA) is 24.1 Å². The molecule has 0 bridgehead atoms. The molecule has 2 heteroatoms. The van der Waals surface area contributed by atoms with Gasteiger partial charge in [-0.15, -0.1) is 13.2 Å². The van der Waals surface area contributed by atoms with Gasteiger partial charge >= 0.3 is 0 Å². The van der Waals surface area contributed by atoms with E-state index in [1.807, 2.05) is 18.2 Å². The Hall–Kier alpha value is -2.32. The summed E-state index contributed by atoms with van der Waals surface area (Å²) < 4.78 is 0. The van der Waals surface area contributed by atoms with Crippen molar-refractivity contribution < 1.29 is 0 Å². The molecule has 1 atom stereocenters. The zero-order valence-electron chi connectivity index (χ0n) is 12.3. The van der Waals surface area contributed by atoms with E-state index in [4.69, 9.17) is 0 Å². The van der Waals surface area contributed by atoms with E-state index in [0.29, 0.717) is 0 Å². The van der Waals surface area contributed by atoms with Gasteiger partial charge in [0.25, 0.3) is 0 Å². The summed E-state index contributed by atoms with van der Waals surface area (Å²) >= 11 is 0.